The topological polar surface area (TPSA) is 75.4 Å². The number of nitrogens with one attached hydrogen (secondary N) is 1. The molecule has 24 heavy (non-hydrogen) atoms. The van der Waals surface area contributed by atoms with E-state index in [4.69, 9.17) is 0 Å². The van der Waals surface area contributed by atoms with Crippen molar-refractivity contribution in [1.82, 2.24) is 24.9 Å². The predicted octanol–water partition coefficient (Wildman–Crippen LogP) is 1.52. The summed E-state index contributed by atoms with van der Waals surface area (Å²) in [5.74, 6) is 0.825. The monoisotopic (exact) mass is 322 g/mol. The maximum Gasteiger partial charge on any atom is 0.257 e. The fourth-order valence-electron chi connectivity index (χ4n) is 3.09. The van der Waals surface area contributed by atoms with Crippen molar-refractivity contribution in [2.24, 2.45) is 0 Å². The van der Waals surface area contributed by atoms with Gasteiger partial charge in [0, 0.05) is 37.7 Å². The molecule has 3 aromatic rings. The first-order valence-electron chi connectivity index (χ1n) is 8.06. The molecule has 1 fully saturated rings. The van der Waals surface area contributed by atoms with E-state index in [-0.39, 0.29) is 11.9 Å². The molecule has 0 spiro atoms. The Kier molecular flexibility index (Phi) is 3.82. The number of hydrogen-bond donors (Lipinski definition) is 1. The second-order valence-electron chi connectivity index (χ2n) is 5.89. The minimum atomic E-state index is -0.128. The lowest BCUT2D eigenvalue weighted by Crippen LogP contribution is -2.48. The zero-order valence-corrected chi connectivity index (χ0v) is 13.2. The van der Waals surface area contributed by atoms with E-state index in [0.717, 1.165) is 31.7 Å². The fraction of sp³-hybridized carbons (Fsp3) is 0.294. The lowest BCUT2D eigenvalue weighted by molar-refractivity contribution is 0.0934. The first-order chi connectivity index (χ1) is 11.8. The summed E-state index contributed by atoms with van der Waals surface area (Å²) in [7, 11) is 0. The zero-order valence-electron chi connectivity index (χ0n) is 13.2. The molecule has 1 atom stereocenters. The number of aromatic nitrogens is 4. The molecule has 0 saturated carbocycles. The summed E-state index contributed by atoms with van der Waals surface area (Å²) in [6.07, 6.45) is 8.79. The molecule has 3 aromatic heterocycles. The van der Waals surface area contributed by atoms with Crippen LogP contribution in [0.15, 0.2) is 49.1 Å². The third-order valence-corrected chi connectivity index (χ3v) is 4.25. The van der Waals surface area contributed by atoms with Crippen molar-refractivity contribution in [3.8, 4) is 0 Å². The maximum atomic E-state index is 12.6. The van der Waals surface area contributed by atoms with Gasteiger partial charge < -0.3 is 10.2 Å². The summed E-state index contributed by atoms with van der Waals surface area (Å²) in [4.78, 5) is 23.4. The van der Waals surface area contributed by atoms with Gasteiger partial charge in [0.2, 0.25) is 0 Å². The number of piperidine rings is 1. The highest BCUT2D eigenvalue weighted by Crippen LogP contribution is 2.18. The molecule has 122 valence electrons. The highest BCUT2D eigenvalue weighted by Gasteiger charge is 2.24. The highest BCUT2D eigenvalue weighted by molar-refractivity contribution is 5.99. The average molecular weight is 322 g/mol. The fourth-order valence-corrected chi connectivity index (χ4v) is 3.09. The van der Waals surface area contributed by atoms with Crippen LogP contribution in [-0.2, 0) is 0 Å². The van der Waals surface area contributed by atoms with E-state index >= 15 is 0 Å². The Morgan fingerprint density at radius 1 is 1.21 bits per heavy atom. The smallest absolute Gasteiger partial charge is 0.257 e. The number of hydrogen-bond acceptors (Lipinski definition) is 5. The summed E-state index contributed by atoms with van der Waals surface area (Å²) < 4.78 is 1.61. The van der Waals surface area contributed by atoms with Crippen LogP contribution in [0.2, 0.25) is 0 Å². The van der Waals surface area contributed by atoms with E-state index in [1.807, 2.05) is 18.2 Å². The molecule has 4 rings (SSSR count). The zero-order chi connectivity index (χ0) is 16.4. The Morgan fingerprint density at radius 3 is 3.00 bits per heavy atom. The normalized spacial score (nSPS) is 17.8. The number of anilines is 1. The molecule has 1 amide bonds. The van der Waals surface area contributed by atoms with E-state index in [2.05, 4.69) is 25.3 Å². The molecule has 0 aromatic carbocycles. The Morgan fingerprint density at radius 2 is 2.12 bits per heavy atom. The maximum absolute atomic E-state index is 12.6. The van der Waals surface area contributed by atoms with Gasteiger partial charge >= 0.3 is 0 Å². The molecule has 0 radical (unpaired) electrons. The molecule has 7 heteroatoms. The van der Waals surface area contributed by atoms with Crippen molar-refractivity contribution >= 4 is 17.4 Å². The SMILES string of the molecule is O=C(N[C@@H]1CCCN(c2ccccn2)C1)c1cnn2cccnc12. The Labute approximate surface area is 139 Å². The molecule has 1 saturated heterocycles. The average Bonchev–Trinajstić information content (AvgIpc) is 3.07. The Balaban J connectivity index is 1.47. The van der Waals surface area contributed by atoms with Gasteiger partial charge in [-0.1, -0.05) is 6.07 Å². The number of rotatable bonds is 3. The van der Waals surface area contributed by atoms with Gasteiger partial charge in [-0.25, -0.2) is 14.5 Å². The minimum Gasteiger partial charge on any atom is -0.355 e. The lowest BCUT2D eigenvalue weighted by atomic mass is 10.1. The predicted molar refractivity (Wildman–Crippen MR) is 89.9 cm³/mol. The van der Waals surface area contributed by atoms with Gasteiger partial charge in [-0.15, -0.1) is 0 Å². The van der Waals surface area contributed by atoms with Gasteiger partial charge in [0.05, 0.1) is 6.20 Å². The van der Waals surface area contributed by atoms with Crippen LogP contribution in [0.3, 0.4) is 0 Å². The van der Waals surface area contributed by atoms with Crippen molar-refractivity contribution in [3.05, 3.63) is 54.6 Å². The van der Waals surface area contributed by atoms with Gasteiger partial charge in [0.25, 0.3) is 5.91 Å². The summed E-state index contributed by atoms with van der Waals surface area (Å²) in [5, 5.41) is 7.28. The summed E-state index contributed by atoms with van der Waals surface area (Å²) in [6, 6.07) is 7.76. The first kappa shape index (κ1) is 14.6. The molecule has 4 heterocycles. The molecule has 0 aliphatic carbocycles. The van der Waals surface area contributed by atoms with Gasteiger partial charge in [0.1, 0.15) is 11.4 Å². The number of pyridine rings is 1. The van der Waals surface area contributed by atoms with Gasteiger partial charge in [-0.05, 0) is 31.0 Å². The van der Waals surface area contributed by atoms with Gasteiger partial charge in [-0.3, -0.25) is 4.79 Å². The van der Waals surface area contributed by atoms with Gasteiger partial charge in [-0.2, -0.15) is 5.10 Å². The molecule has 0 unspecified atom stereocenters. The number of fused-ring (bicyclic) bond motifs is 1. The quantitative estimate of drug-likeness (QED) is 0.791. The Hall–Kier alpha value is -2.96. The van der Waals surface area contributed by atoms with Crippen LogP contribution < -0.4 is 10.2 Å². The molecular formula is C17H18N6O. The third kappa shape index (κ3) is 2.80. The van der Waals surface area contributed by atoms with Crippen LogP contribution >= 0.6 is 0 Å². The number of amides is 1. The second-order valence-corrected chi connectivity index (χ2v) is 5.89. The Bertz CT molecular complexity index is 846. The van der Waals surface area contributed by atoms with Crippen molar-refractivity contribution < 1.29 is 4.79 Å². The van der Waals surface area contributed by atoms with Gasteiger partial charge in [0.15, 0.2) is 5.65 Å². The van der Waals surface area contributed by atoms with E-state index in [9.17, 15) is 4.79 Å². The molecule has 1 aliphatic rings. The second kappa shape index (κ2) is 6.27. The number of nitrogens with zero attached hydrogens (tertiary/aromatic N) is 5. The molecule has 1 N–H and O–H groups in total. The van der Waals surface area contributed by atoms with Crippen LogP contribution in [0.5, 0.6) is 0 Å². The van der Waals surface area contributed by atoms with E-state index in [1.165, 1.54) is 0 Å². The first-order valence-corrected chi connectivity index (χ1v) is 8.06. The summed E-state index contributed by atoms with van der Waals surface area (Å²) in [5.41, 5.74) is 1.08. The molecular weight excluding hydrogens is 304 g/mol. The van der Waals surface area contributed by atoms with Crippen LogP contribution in [0.1, 0.15) is 23.2 Å². The van der Waals surface area contributed by atoms with Crippen molar-refractivity contribution in [2.75, 3.05) is 18.0 Å². The van der Waals surface area contributed by atoms with E-state index in [0.29, 0.717) is 11.2 Å². The molecule has 7 nitrogen and oxygen atoms in total. The highest BCUT2D eigenvalue weighted by atomic mass is 16.1. The lowest BCUT2D eigenvalue weighted by Gasteiger charge is -2.33. The molecule has 1 aliphatic heterocycles. The number of carbonyl (C=O) groups excluding carboxylic acids is 1. The van der Waals surface area contributed by atoms with Crippen molar-refractivity contribution in [1.29, 1.82) is 0 Å². The third-order valence-electron chi connectivity index (χ3n) is 4.25. The van der Waals surface area contributed by atoms with Crippen LogP contribution in [0.25, 0.3) is 5.65 Å². The summed E-state index contributed by atoms with van der Waals surface area (Å²) >= 11 is 0. The van der Waals surface area contributed by atoms with Crippen molar-refractivity contribution in [2.45, 2.75) is 18.9 Å². The van der Waals surface area contributed by atoms with E-state index < -0.39 is 0 Å². The largest absolute Gasteiger partial charge is 0.355 e. The van der Waals surface area contributed by atoms with Crippen LogP contribution in [-0.4, -0.2) is 44.6 Å². The van der Waals surface area contributed by atoms with Crippen molar-refractivity contribution in [3.63, 3.8) is 0 Å². The summed E-state index contributed by atoms with van der Waals surface area (Å²) in [6.45, 7) is 1.72. The number of carbonyl (C=O) groups is 1. The van der Waals surface area contributed by atoms with E-state index in [1.54, 1.807) is 35.4 Å². The standard InChI is InChI=1S/C17H18N6O/c24-17(14-11-20-23-10-4-8-19-16(14)23)21-13-5-3-9-22(12-13)15-6-1-2-7-18-15/h1-2,4,6-8,10-11,13H,3,5,9,12H2,(H,21,24)/t13-/m1/s1. The van der Waals surface area contributed by atoms with Crippen LogP contribution in [0.4, 0.5) is 5.82 Å². The van der Waals surface area contributed by atoms with Crippen LogP contribution in [0, 0.1) is 0 Å². The minimum absolute atomic E-state index is 0.0897. The molecule has 0 bridgehead atoms.